The molecule has 0 unspecified atom stereocenters. The molecule has 0 radical (unpaired) electrons. The summed E-state index contributed by atoms with van der Waals surface area (Å²) in [6.07, 6.45) is 0. The first-order chi connectivity index (χ1) is 12.6. The van der Waals surface area contributed by atoms with Crippen molar-refractivity contribution in [3.05, 3.63) is 32.9 Å². The minimum atomic E-state index is -0.520. The number of rotatable bonds is 10. The van der Waals surface area contributed by atoms with Crippen molar-refractivity contribution in [2.45, 2.75) is 0 Å². The molecule has 26 heavy (non-hydrogen) atoms. The maximum Gasteiger partial charge on any atom is 0.232 e. The number of oxazole rings is 1. The topological polar surface area (TPSA) is 80.3 Å². The Kier molecular flexibility index (Phi) is 8.42. The van der Waals surface area contributed by atoms with Gasteiger partial charge in [0.25, 0.3) is 0 Å². The number of hydrogen-bond acceptors (Lipinski definition) is 6. The fourth-order valence-corrected chi connectivity index (χ4v) is 2.64. The number of aromatic nitrogens is 1. The van der Waals surface area contributed by atoms with E-state index in [1.54, 1.807) is 6.07 Å². The molecule has 1 heterocycles. The Hall–Kier alpha value is -1.56. The predicted octanol–water partition coefficient (Wildman–Crippen LogP) is 4.59. The highest BCUT2D eigenvalue weighted by molar-refractivity contribution is 6.44. The number of hydrogen-bond donors (Lipinski definition) is 1. The molecule has 0 amide bonds. The van der Waals surface area contributed by atoms with Crippen LogP contribution in [0.15, 0.2) is 16.5 Å². The summed E-state index contributed by atoms with van der Waals surface area (Å²) in [5, 5.41) is 13.0. The van der Waals surface area contributed by atoms with Crippen LogP contribution in [0.4, 0.5) is 10.3 Å². The highest BCUT2D eigenvalue weighted by atomic mass is 35.5. The summed E-state index contributed by atoms with van der Waals surface area (Å²) in [7, 11) is 0. The summed E-state index contributed by atoms with van der Waals surface area (Å²) >= 11 is 18.1. The average molecular weight is 423 g/mol. The lowest BCUT2D eigenvalue weighted by Crippen LogP contribution is -2.13. The van der Waals surface area contributed by atoms with E-state index in [-0.39, 0.29) is 34.1 Å². The van der Waals surface area contributed by atoms with E-state index in [9.17, 15) is 9.65 Å². The molecule has 1 N–H and O–H groups in total. The third kappa shape index (κ3) is 5.73. The Morgan fingerprint density at radius 1 is 1.15 bits per heavy atom. The monoisotopic (exact) mass is 421 g/mol. The standard InChI is InChI=1S/C16H15Cl3FN3O3/c17-10-7-11(14(19)12(18)8-10)15-23-13(9-21)16(26-15)22-2-4-25-6-5-24-3-1-20/h7-8,22H,1-6H2. The van der Waals surface area contributed by atoms with Crippen molar-refractivity contribution in [2.75, 3.05) is 45.0 Å². The van der Waals surface area contributed by atoms with Crippen LogP contribution in [0.5, 0.6) is 0 Å². The zero-order chi connectivity index (χ0) is 18.9. The van der Waals surface area contributed by atoms with Crippen molar-refractivity contribution in [3.8, 4) is 17.5 Å². The van der Waals surface area contributed by atoms with Gasteiger partial charge >= 0.3 is 0 Å². The van der Waals surface area contributed by atoms with Crippen molar-refractivity contribution in [2.24, 2.45) is 0 Å². The van der Waals surface area contributed by atoms with Gasteiger partial charge in [0.05, 0.1) is 42.0 Å². The smallest absolute Gasteiger partial charge is 0.232 e. The first-order valence-electron chi connectivity index (χ1n) is 7.58. The average Bonchev–Trinajstić information content (AvgIpc) is 3.03. The molecule has 10 heteroatoms. The van der Waals surface area contributed by atoms with Gasteiger partial charge in [-0.1, -0.05) is 34.8 Å². The van der Waals surface area contributed by atoms with Crippen LogP contribution in [0.25, 0.3) is 11.5 Å². The number of nitrogens with zero attached hydrogens (tertiary/aromatic N) is 2. The van der Waals surface area contributed by atoms with Gasteiger partial charge in [0.2, 0.25) is 17.5 Å². The molecule has 0 atom stereocenters. The summed E-state index contributed by atoms with van der Waals surface area (Å²) in [4.78, 5) is 4.10. The van der Waals surface area contributed by atoms with Crippen molar-refractivity contribution in [3.63, 3.8) is 0 Å². The van der Waals surface area contributed by atoms with Crippen LogP contribution in [0.3, 0.4) is 0 Å². The van der Waals surface area contributed by atoms with E-state index < -0.39 is 6.67 Å². The molecular formula is C16H15Cl3FN3O3. The van der Waals surface area contributed by atoms with Gasteiger partial charge in [-0.05, 0) is 12.1 Å². The van der Waals surface area contributed by atoms with E-state index in [0.29, 0.717) is 37.0 Å². The number of ether oxygens (including phenoxy) is 2. The second kappa shape index (κ2) is 10.6. The number of halogens is 4. The van der Waals surface area contributed by atoms with Gasteiger partial charge in [0.15, 0.2) is 0 Å². The molecule has 0 spiro atoms. The Morgan fingerprint density at radius 2 is 1.88 bits per heavy atom. The quantitative estimate of drug-likeness (QED) is 0.445. The molecule has 1 aromatic carbocycles. The van der Waals surface area contributed by atoms with Crippen molar-refractivity contribution >= 4 is 40.7 Å². The zero-order valence-corrected chi connectivity index (χ0v) is 15.8. The second-order valence-electron chi connectivity index (χ2n) is 4.90. The lowest BCUT2D eigenvalue weighted by molar-refractivity contribution is 0.0463. The summed E-state index contributed by atoms with van der Waals surface area (Å²) in [6, 6.07) is 4.98. The van der Waals surface area contributed by atoms with Crippen LogP contribution in [-0.2, 0) is 9.47 Å². The van der Waals surface area contributed by atoms with E-state index in [4.69, 9.17) is 48.7 Å². The van der Waals surface area contributed by atoms with Crippen molar-refractivity contribution in [1.82, 2.24) is 4.98 Å². The molecule has 1 aromatic heterocycles. The fourth-order valence-electron chi connectivity index (χ4n) is 1.96. The normalized spacial score (nSPS) is 10.7. The Morgan fingerprint density at radius 3 is 2.58 bits per heavy atom. The minimum absolute atomic E-state index is 0.0596. The molecule has 0 bridgehead atoms. The molecule has 2 rings (SSSR count). The van der Waals surface area contributed by atoms with E-state index in [1.807, 2.05) is 6.07 Å². The van der Waals surface area contributed by atoms with Gasteiger partial charge in [0.1, 0.15) is 12.7 Å². The van der Waals surface area contributed by atoms with Crippen molar-refractivity contribution in [1.29, 1.82) is 5.26 Å². The first kappa shape index (κ1) is 20.7. The van der Waals surface area contributed by atoms with Gasteiger partial charge < -0.3 is 19.2 Å². The Labute approximate surface area is 164 Å². The van der Waals surface area contributed by atoms with Crippen LogP contribution >= 0.6 is 34.8 Å². The van der Waals surface area contributed by atoms with Crippen LogP contribution in [-0.4, -0.2) is 44.6 Å². The maximum atomic E-state index is 11.8. The van der Waals surface area contributed by atoms with E-state index in [0.717, 1.165) is 0 Å². The third-order valence-corrected chi connectivity index (χ3v) is 4.10. The molecule has 0 saturated heterocycles. The Bertz CT molecular complexity index is 780. The van der Waals surface area contributed by atoms with Crippen LogP contribution in [0, 0.1) is 11.3 Å². The van der Waals surface area contributed by atoms with E-state index >= 15 is 0 Å². The lowest BCUT2D eigenvalue weighted by atomic mass is 10.2. The maximum absolute atomic E-state index is 11.8. The van der Waals surface area contributed by atoms with Gasteiger partial charge in [-0.15, -0.1) is 0 Å². The highest BCUT2D eigenvalue weighted by Gasteiger charge is 2.18. The highest BCUT2D eigenvalue weighted by Crippen LogP contribution is 2.37. The SMILES string of the molecule is N#Cc1nc(-c2cc(Cl)cc(Cl)c2Cl)oc1NCCOCCOCCF. The van der Waals surface area contributed by atoms with Crippen LogP contribution in [0.1, 0.15) is 5.69 Å². The van der Waals surface area contributed by atoms with Crippen molar-refractivity contribution < 1.29 is 18.3 Å². The van der Waals surface area contributed by atoms with Gasteiger partial charge in [-0.3, -0.25) is 0 Å². The van der Waals surface area contributed by atoms with E-state index in [2.05, 4.69) is 10.3 Å². The van der Waals surface area contributed by atoms with Gasteiger partial charge in [0, 0.05) is 11.6 Å². The molecule has 0 fully saturated rings. The molecule has 0 saturated carbocycles. The van der Waals surface area contributed by atoms with E-state index in [1.165, 1.54) is 6.07 Å². The molecule has 0 aliphatic rings. The summed E-state index contributed by atoms with van der Waals surface area (Å²) < 4.78 is 27.7. The van der Waals surface area contributed by atoms with Crippen LogP contribution in [0.2, 0.25) is 15.1 Å². The first-order valence-corrected chi connectivity index (χ1v) is 8.71. The lowest BCUT2D eigenvalue weighted by Gasteiger charge is -2.06. The van der Waals surface area contributed by atoms with Crippen LogP contribution < -0.4 is 5.32 Å². The molecule has 2 aromatic rings. The number of benzene rings is 1. The van der Waals surface area contributed by atoms with Gasteiger partial charge in [-0.25, -0.2) is 4.39 Å². The summed E-state index contributed by atoms with van der Waals surface area (Å²) in [5.41, 5.74) is 0.452. The zero-order valence-electron chi connectivity index (χ0n) is 13.5. The number of anilines is 1. The molecule has 6 nitrogen and oxygen atoms in total. The summed E-state index contributed by atoms with van der Waals surface area (Å²) in [5.74, 6) is 0.311. The third-order valence-electron chi connectivity index (χ3n) is 3.08. The molecule has 0 aliphatic carbocycles. The predicted molar refractivity (Wildman–Crippen MR) is 97.8 cm³/mol. The number of nitriles is 1. The number of nitrogens with one attached hydrogen (secondary N) is 1. The Balaban J connectivity index is 1.96. The number of alkyl halides is 1. The van der Waals surface area contributed by atoms with Gasteiger partial charge in [-0.2, -0.15) is 10.2 Å². The molecule has 0 aliphatic heterocycles. The fraction of sp³-hybridized carbons (Fsp3) is 0.375. The molecule has 140 valence electrons. The second-order valence-corrected chi connectivity index (χ2v) is 6.12. The minimum Gasteiger partial charge on any atom is -0.419 e. The molecular weight excluding hydrogens is 408 g/mol. The largest absolute Gasteiger partial charge is 0.419 e. The summed E-state index contributed by atoms with van der Waals surface area (Å²) in [6.45, 7) is 0.900.